The number of rotatable bonds is 7. The van der Waals surface area contributed by atoms with Crippen LogP contribution >= 0.6 is 0 Å². The molecule has 2 aromatic rings. The van der Waals surface area contributed by atoms with Gasteiger partial charge in [-0.1, -0.05) is 18.6 Å². The number of piperidine rings is 1. The van der Waals surface area contributed by atoms with Crippen LogP contribution in [0.15, 0.2) is 48.7 Å². The summed E-state index contributed by atoms with van der Waals surface area (Å²) in [6, 6.07) is 12.7. The highest BCUT2D eigenvalue weighted by atomic mass is 19.1. The Bertz CT molecular complexity index is 885. The van der Waals surface area contributed by atoms with Crippen LogP contribution in [-0.4, -0.2) is 30.4 Å². The highest BCUT2D eigenvalue weighted by Gasteiger charge is 2.24. The fourth-order valence-electron chi connectivity index (χ4n) is 4.08. The summed E-state index contributed by atoms with van der Waals surface area (Å²) < 4.78 is 13.3. The Kier molecular flexibility index (Phi) is 6.25. The van der Waals surface area contributed by atoms with E-state index in [4.69, 9.17) is 0 Å². The van der Waals surface area contributed by atoms with E-state index in [1.807, 2.05) is 12.1 Å². The smallest absolute Gasteiger partial charge is 0.257 e. The highest BCUT2D eigenvalue weighted by Crippen LogP contribution is 2.32. The fraction of sp³-hybridized carbons (Fsp3) is 0.375. The second kappa shape index (κ2) is 9.23. The van der Waals surface area contributed by atoms with Crippen molar-refractivity contribution >= 4 is 22.9 Å². The predicted molar refractivity (Wildman–Crippen MR) is 116 cm³/mol. The van der Waals surface area contributed by atoms with E-state index in [1.54, 1.807) is 12.3 Å². The molecule has 2 aromatic carbocycles. The number of likely N-dealkylation sites (tertiary alicyclic amines) is 1. The summed E-state index contributed by atoms with van der Waals surface area (Å²) >= 11 is 0. The number of aryl methyl sites for hydroxylation is 1. The zero-order valence-corrected chi connectivity index (χ0v) is 16.7. The third kappa shape index (κ3) is 5.04. The molecule has 0 atom stereocenters. The van der Waals surface area contributed by atoms with Crippen molar-refractivity contribution < 1.29 is 9.18 Å². The van der Waals surface area contributed by atoms with Crippen molar-refractivity contribution in [1.29, 1.82) is 0 Å². The Labute approximate surface area is 171 Å². The molecule has 29 heavy (non-hydrogen) atoms. The Morgan fingerprint density at radius 1 is 1.03 bits per heavy atom. The summed E-state index contributed by atoms with van der Waals surface area (Å²) in [5, 5.41) is 5.88. The zero-order valence-electron chi connectivity index (χ0n) is 16.7. The lowest BCUT2D eigenvalue weighted by Crippen LogP contribution is -2.30. The number of benzene rings is 2. The lowest BCUT2D eigenvalue weighted by atomic mass is 10.1. The molecule has 2 aliphatic rings. The molecule has 0 saturated carbocycles. The first kappa shape index (κ1) is 19.6. The number of unbranched alkanes of at least 4 members (excludes halogenated alkanes) is 1. The highest BCUT2D eigenvalue weighted by molar-refractivity contribution is 6.31. The number of halogens is 1. The summed E-state index contributed by atoms with van der Waals surface area (Å²) in [5.74, 6) is -0.576. The third-order valence-corrected chi connectivity index (χ3v) is 5.74. The number of carbonyl (C=O) groups is 1. The first-order chi connectivity index (χ1) is 14.2. The summed E-state index contributed by atoms with van der Waals surface area (Å²) in [7, 11) is 0. The van der Waals surface area contributed by atoms with Crippen molar-refractivity contribution in [2.24, 2.45) is 0 Å². The van der Waals surface area contributed by atoms with Crippen molar-refractivity contribution in [3.8, 4) is 0 Å². The van der Waals surface area contributed by atoms with Gasteiger partial charge in [-0.05, 0) is 87.6 Å². The van der Waals surface area contributed by atoms with Crippen LogP contribution in [0, 0.1) is 5.82 Å². The minimum atomic E-state index is -0.357. The van der Waals surface area contributed by atoms with E-state index >= 15 is 0 Å². The normalized spacial score (nSPS) is 18.0. The van der Waals surface area contributed by atoms with Gasteiger partial charge in [-0.25, -0.2) is 4.39 Å². The van der Waals surface area contributed by atoms with Gasteiger partial charge in [0.05, 0.1) is 11.3 Å². The first-order valence-corrected chi connectivity index (χ1v) is 10.6. The molecule has 1 saturated heterocycles. The van der Waals surface area contributed by atoms with E-state index in [-0.39, 0.29) is 11.7 Å². The van der Waals surface area contributed by atoms with Crippen LogP contribution in [-0.2, 0) is 11.2 Å². The quantitative estimate of drug-likeness (QED) is 0.512. The molecule has 0 radical (unpaired) electrons. The summed E-state index contributed by atoms with van der Waals surface area (Å²) in [4.78, 5) is 14.7. The SMILES string of the molecule is O=C1Nc2cc(F)ccc2/C1=C\Nc1ccc(CCCCN2CCCCC2)cc1. The molecule has 4 nitrogen and oxygen atoms in total. The van der Waals surface area contributed by atoms with E-state index in [0.29, 0.717) is 16.8 Å². The topological polar surface area (TPSA) is 44.4 Å². The van der Waals surface area contributed by atoms with E-state index in [2.05, 4.69) is 27.7 Å². The van der Waals surface area contributed by atoms with Crippen molar-refractivity contribution in [1.82, 2.24) is 4.90 Å². The second-order valence-electron chi connectivity index (χ2n) is 7.90. The molecule has 4 rings (SSSR count). The molecule has 2 N–H and O–H groups in total. The third-order valence-electron chi connectivity index (χ3n) is 5.74. The molecule has 0 aromatic heterocycles. The van der Waals surface area contributed by atoms with Gasteiger partial charge in [-0.15, -0.1) is 0 Å². The Morgan fingerprint density at radius 2 is 1.83 bits per heavy atom. The van der Waals surface area contributed by atoms with Gasteiger partial charge < -0.3 is 15.5 Å². The van der Waals surface area contributed by atoms with Crippen LogP contribution in [0.4, 0.5) is 15.8 Å². The largest absolute Gasteiger partial charge is 0.361 e. The lowest BCUT2D eigenvalue weighted by molar-refractivity contribution is -0.110. The van der Waals surface area contributed by atoms with E-state index in [9.17, 15) is 9.18 Å². The number of nitrogens with one attached hydrogen (secondary N) is 2. The molecule has 0 unspecified atom stereocenters. The summed E-state index contributed by atoms with van der Waals surface area (Å²) in [5.41, 5.74) is 4.01. The number of carbonyl (C=O) groups excluding carboxylic acids is 1. The standard InChI is InChI=1S/C24H28FN3O/c25-19-9-12-21-22(24(29)27-23(21)16-19)17-26-20-10-7-18(8-11-20)6-2-5-15-28-13-3-1-4-14-28/h7-12,16-17,26H,1-6,13-15H2,(H,27,29)/b22-17+. The average Bonchev–Trinajstić information content (AvgIpc) is 3.05. The Morgan fingerprint density at radius 3 is 2.62 bits per heavy atom. The van der Waals surface area contributed by atoms with Crippen LogP contribution in [0.1, 0.15) is 43.2 Å². The predicted octanol–water partition coefficient (Wildman–Crippen LogP) is 5.04. The van der Waals surface area contributed by atoms with Gasteiger partial charge in [0.1, 0.15) is 5.82 Å². The maximum atomic E-state index is 13.3. The van der Waals surface area contributed by atoms with Crippen molar-refractivity contribution in [3.05, 3.63) is 65.6 Å². The van der Waals surface area contributed by atoms with Crippen LogP contribution in [0.25, 0.3) is 5.57 Å². The molecule has 2 aliphatic heterocycles. The molecule has 0 aliphatic carbocycles. The summed E-state index contributed by atoms with van der Waals surface area (Å²) in [6.45, 7) is 3.77. The number of fused-ring (bicyclic) bond motifs is 1. The first-order valence-electron chi connectivity index (χ1n) is 10.6. The number of hydrogen-bond donors (Lipinski definition) is 2. The minimum absolute atomic E-state index is 0.219. The second-order valence-corrected chi connectivity index (χ2v) is 7.90. The van der Waals surface area contributed by atoms with Gasteiger partial charge >= 0.3 is 0 Å². The van der Waals surface area contributed by atoms with Crippen LogP contribution in [0.5, 0.6) is 0 Å². The maximum Gasteiger partial charge on any atom is 0.257 e. The van der Waals surface area contributed by atoms with Gasteiger partial charge in [0.15, 0.2) is 0 Å². The minimum Gasteiger partial charge on any atom is -0.361 e. The molecule has 0 spiro atoms. The van der Waals surface area contributed by atoms with Crippen molar-refractivity contribution in [2.45, 2.75) is 38.5 Å². The number of anilines is 2. The number of amides is 1. The molecule has 5 heteroatoms. The Hall–Kier alpha value is -2.66. The Balaban J connectivity index is 1.27. The van der Waals surface area contributed by atoms with Crippen molar-refractivity contribution in [3.63, 3.8) is 0 Å². The molecule has 1 fully saturated rings. The molecular weight excluding hydrogens is 365 g/mol. The zero-order chi connectivity index (χ0) is 20.1. The van der Waals surface area contributed by atoms with Crippen LogP contribution in [0.3, 0.4) is 0 Å². The van der Waals surface area contributed by atoms with E-state index in [0.717, 1.165) is 12.1 Å². The molecule has 1 amide bonds. The van der Waals surface area contributed by atoms with Gasteiger partial charge in [0.2, 0.25) is 0 Å². The van der Waals surface area contributed by atoms with Crippen molar-refractivity contribution in [2.75, 3.05) is 30.3 Å². The van der Waals surface area contributed by atoms with Gasteiger partial charge in [-0.2, -0.15) is 0 Å². The maximum absolute atomic E-state index is 13.3. The average molecular weight is 394 g/mol. The molecule has 0 bridgehead atoms. The van der Waals surface area contributed by atoms with Crippen LogP contribution in [0.2, 0.25) is 0 Å². The van der Waals surface area contributed by atoms with Gasteiger partial charge in [0.25, 0.3) is 5.91 Å². The van der Waals surface area contributed by atoms with E-state index < -0.39 is 0 Å². The monoisotopic (exact) mass is 393 g/mol. The number of nitrogens with zero attached hydrogens (tertiary/aromatic N) is 1. The lowest BCUT2D eigenvalue weighted by Gasteiger charge is -2.26. The molecule has 152 valence electrons. The van der Waals surface area contributed by atoms with Gasteiger partial charge in [0, 0.05) is 17.5 Å². The summed E-state index contributed by atoms with van der Waals surface area (Å²) in [6.07, 6.45) is 9.35. The van der Waals surface area contributed by atoms with Crippen LogP contribution < -0.4 is 10.6 Å². The number of hydrogen-bond acceptors (Lipinski definition) is 3. The molecule has 2 heterocycles. The molecular formula is C24H28FN3O. The van der Waals surface area contributed by atoms with Gasteiger partial charge in [-0.3, -0.25) is 4.79 Å². The van der Waals surface area contributed by atoms with E-state index in [1.165, 1.54) is 69.4 Å². The fourth-order valence-corrected chi connectivity index (χ4v) is 4.08.